The van der Waals surface area contributed by atoms with Crippen molar-refractivity contribution in [2.24, 2.45) is 0 Å². The molecule has 1 aliphatic heterocycles. The fourth-order valence-electron chi connectivity index (χ4n) is 2.81. The number of nitriles is 1. The molecule has 0 aromatic heterocycles. The maximum atomic E-state index is 8.90. The average molecular weight is 207 g/mol. The van der Waals surface area contributed by atoms with Crippen LogP contribution in [0.15, 0.2) is 0 Å². The van der Waals surface area contributed by atoms with Crippen LogP contribution in [0.2, 0.25) is 0 Å². The summed E-state index contributed by atoms with van der Waals surface area (Å²) in [5.41, 5.74) is 0.256. The topological polar surface area (TPSA) is 39.1 Å². The Bertz CT molecular complexity index is 263. The molecule has 2 rings (SSSR count). The van der Waals surface area contributed by atoms with Crippen molar-refractivity contribution < 1.29 is 0 Å². The van der Waals surface area contributed by atoms with Crippen molar-refractivity contribution in [2.45, 2.75) is 57.2 Å². The summed E-state index contributed by atoms with van der Waals surface area (Å²) in [4.78, 5) is 2.61. The molecule has 1 unspecified atom stereocenters. The predicted octanol–water partition coefficient (Wildman–Crippen LogP) is 1.50. The first-order chi connectivity index (χ1) is 7.15. The number of nitrogens with zero attached hydrogens (tertiary/aromatic N) is 2. The van der Waals surface area contributed by atoms with Gasteiger partial charge in [-0.25, -0.2) is 0 Å². The Balaban J connectivity index is 2.15. The normalized spacial score (nSPS) is 31.9. The molecule has 1 aliphatic carbocycles. The van der Waals surface area contributed by atoms with Gasteiger partial charge in [0.1, 0.15) is 0 Å². The van der Waals surface area contributed by atoms with Crippen LogP contribution in [-0.2, 0) is 0 Å². The van der Waals surface area contributed by atoms with Gasteiger partial charge in [-0.15, -0.1) is 0 Å². The summed E-state index contributed by atoms with van der Waals surface area (Å²) in [5.74, 6) is 0. The Morgan fingerprint density at radius 3 is 2.80 bits per heavy atom. The SMILES string of the molecule is CC1(C)CCNCC(CC#N)N1C1CC1. The Kier molecular flexibility index (Phi) is 2.99. The van der Waals surface area contributed by atoms with Crippen LogP contribution in [-0.4, -0.2) is 35.6 Å². The number of nitrogens with one attached hydrogen (secondary N) is 1. The maximum Gasteiger partial charge on any atom is 0.0638 e. The Labute approximate surface area is 92.4 Å². The number of hydrogen-bond acceptors (Lipinski definition) is 3. The second-order valence-corrected chi connectivity index (χ2v) is 5.42. The van der Waals surface area contributed by atoms with E-state index in [9.17, 15) is 0 Å². The predicted molar refractivity (Wildman–Crippen MR) is 60.4 cm³/mol. The van der Waals surface area contributed by atoms with Gasteiger partial charge in [0, 0.05) is 24.2 Å². The van der Waals surface area contributed by atoms with E-state index in [0.717, 1.165) is 19.1 Å². The largest absolute Gasteiger partial charge is 0.315 e. The second kappa shape index (κ2) is 4.11. The summed E-state index contributed by atoms with van der Waals surface area (Å²) < 4.78 is 0. The highest BCUT2D eigenvalue weighted by Crippen LogP contribution is 2.37. The molecule has 0 spiro atoms. The van der Waals surface area contributed by atoms with E-state index >= 15 is 0 Å². The van der Waals surface area contributed by atoms with Crippen LogP contribution in [0.5, 0.6) is 0 Å². The van der Waals surface area contributed by atoms with Gasteiger partial charge in [0.15, 0.2) is 0 Å². The second-order valence-electron chi connectivity index (χ2n) is 5.42. The van der Waals surface area contributed by atoms with Crippen molar-refractivity contribution in [1.29, 1.82) is 5.26 Å². The monoisotopic (exact) mass is 207 g/mol. The lowest BCUT2D eigenvalue weighted by Crippen LogP contribution is -2.51. The zero-order valence-electron chi connectivity index (χ0n) is 9.79. The molecular formula is C12H21N3. The van der Waals surface area contributed by atoms with E-state index < -0.39 is 0 Å². The number of rotatable bonds is 2. The van der Waals surface area contributed by atoms with E-state index in [4.69, 9.17) is 5.26 Å². The summed E-state index contributed by atoms with van der Waals surface area (Å²) >= 11 is 0. The van der Waals surface area contributed by atoms with E-state index in [0.29, 0.717) is 12.5 Å². The standard InChI is InChI=1S/C12H21N3/c1-12(2)6-8-14-9-11(5-7-13)15(12)10-3-4-10/h10-11,14H,3-6,8-9H2,1-2H3. The molecule has 3 heteroatoms. The summed E-state index contributed by atoms with van der Waals surface area (Å²) in [5, 5.41) is 12.4. The van der Waals surface area contributed by atoms with Gasteiger partial charge in [-0.3, -0.25) is 4.90 Å². The average Bonchev–Trinajstić information content (AvgIpc) is 2.95. The molecule has 3 nitrogen and oxygen atoms in total. The van der Waals surface area contributed by atoms with Gasteiger partial charge < -0.3 is 5.32 Å². The molecule has 15 heavy (non-hydrogen) atoms. The van der Waals surface area contributed by atoms with Crippen LogP contribution < -0.4 is 5.32 Å². The summed E-state index contributed by atoms with van der Waals surface area (Å²) in [6.07, 6.45) is 4.50. The molecule has 0 aromatic rings. The molecule has 0 amide bonds. The Morgan fingerprint density at radius 1 is 1.47 bits per heavy atom. The third-order valence-electron chi connectivity index (χ3n) is 3.65. The van der Waals surface area contributed by atoms with Gasteiger partial charge >= 0.3 is 0 Å². The minimum atomic E-state index is 0.256. The van der Waals surface area contributed by atoms with E-state index in [1.165, 1.54) is 19.3 Å². The molecule has 0 bridgehead atoms. The molecule has 0 aromatic carbocycles. The van der Waals surface area contributed by atoms with E-state index in [1.807, 2.05) is 0 Å². The third-order valence-corrected chi connectivity index (χ3v) is 3.65. The molecular weight excluding hydrogens is 186 g/mol. The van der Waals surface area contributed by atoms with Gasteiger partial charge in [-0.05, 0) is 39.7 Å². The van der Waals surface area contributed by atoms with Gasteiger partial charge in [0.25, 0.3) is 0 Å². The van der Waals surface area contributed by atoms with Crippen molar-refractivity contribution in [3.05, 3.63) is 0 Å². The van der Waals surface area contributed by atoms with Crippen LogP contribution in [0.25, 0.3) is 0 Å². The molecule has 0 radical (unpaired) electrons. The van der Waals surface area contributed by atoms with Crippen molar-refractivity contribution in [1.82, 2.24) is 10.2 Å². The molecule has 2 fully saturated rings. The molecule has 1 heterocycles. The van der Waals surface area contributed by atoms with Crippen molar-refractivity contribution >= 4 is 0 Å². The van der Waals surface area contributed by atoms with Crippen LogP contribution in [0, 0.1) is 11.3 Å². The van der Waals surface area contributed by atoms with E-state index in [-0.39, 0.29) is 5.54 Å². The Morgan fingerprint density at radius 2 is 2.20 bits per heavy atom. The fourth-order valence-corrected chi connectivity index (χ4v) is 2.81. The van der Waals surface area contributed by atoms with Gasteiger partial charge in [0.2, 0.25) is 0 Å². The summed E-state index contributed by atoms with van der Waals surface area (Å²) in [6, 6.07) is 3.50. The molecule has 1 saturated carbocycles. The highest BCUT2D eigenvalue weighted by molar-refractivity contribution is 5.01. The zero-order chi connectivity index (χ0) is 10.9. The Hall–Kier alpha value is -0.590. The fraction of sp³-hybridized carbons (Fsp3) is 0.917. The first-order valence-corrected chi connectivity index (χ1v) is 6.01. The molecule has 1 N–H and O–H groups in total. The lowest BCUT2D eigenvalue weighted by atomic mass is 9.96. The summed E-state index contributed by atoms with van der Waals surface area (Å²) in [7, 11) is 0. The lowest BCUT2D eigenvalue weighted by Gasteiger charge is -2.41. The molecule has 84 valence electrons. The number of hydrogen-bond donors (Lipinski definition) is 1. The minimum absolute atomic E-state index is 0.256. The van der Waals surface area contributed by atoms with Crippen molar-refractivity contribution in [3.63, 3.8) is 0 Å². The molecule has 1 atom stereocenters. The van der Waals surface area contributed by atoms with E-state index in [2.05, 4.69) is 30.1 Å². The first-order valence-electron chi connectivity index (χ1n) is 6.01. The highest BCUT2D eigenvalue weighted by atomic mass is 15.3. The molecule has 1 saturated heterocycles. The van der Waals surface area contributed by atoms with Crippen LogP contribution in [0.1, 0.15) is 39.5 Å². The van der Waals surface area contributed by atoms with Gasteiger partial charge in [-0.1, -0.05) is 0 Å². The van der Waals surface area contributed by atoms with Crippen LogP contribution >= 0.6 is 0 Å². The van der Waals surface area contributed by atoms with Crippen molar-refractivity contribution in [2.75, 3.05) is 13.1 Å². The van der Waals surface area contributed by atoms with E-state index in [1.54, 1.807) is 0 Å². The lowest BCUT2D eigenvalue weighted by molar-refractivity contribution is 0.0702. The quantitative estimate of drug-likeness (QED) is 0.746. The van der Waals surface area contributed by atoms with Gasteiger partial charge in [-0.2, -0.15) is 5.26 Å². The minimum Gasteiger partial charge on any atom is -0.315 e. The van der Waals surface area contributed by atoms with Crippen molar-refractivity contribution in [3.8, 4) is 6.07 Å². The summed E-state index contributed by atoms with van der Waals surface area (Å²) in [6.45, 7) is 6.71. The smallest absolute Gasteiger partial charge is 0.0638 e. The van der Waals surface area contributed by atoms with Crippen LogP contribution in [0.3, 0.4) is 0 Å². The maximum absolute atomic E-state index is 8.90. The highest BCUT2D eigenvalue weighted by Gasteiger charge is 2.43. The van der Waals surface area contributed by atoms with Gasteiger partial charge in [0.05, 0.1) is 12.5 Å². The van der Waals surface area contributed by atoms with Crippen LogP contribution in [0.4, 0.5) is 0 Å². The molecule has 2 aliphatic rings. The zero-order valence-corrected chi connectivity index (χ0v) is 9.79. The third kappa shape index (κ3) is 2.32. The first kappa shape index (κ1) is 10.9.